The first-order valence-corrected chi connectivity index (χ1v) is 8.31. The number of ketones is 1. The number of carbonyl (C=O) groups is 1. The summed E-state index contributed by atoms with van der Waals surface area (Å²) in [6.07, 6.45) is 3.42. The van der Waals surface area contributed by atoms with Crippen molar-refractivity contribution in [2.75, 3.05) is 7.11 Å². The van der Waals surface area contributed by atoms with E-state index in [0.29, 0.717) is 17.0 Å². The number of ether oxygens (including phenoxy) is 1. The van der Waals surface area contributed by atoms with Gasteiger partial charge in [0.1, 0.15) is 11.4 Å². The number of carbonyl (C=O) groups excluding carboxylic acids is 1. The topological polar surface area (TPSA) is 70.8 Å². The SMILES string of the molecule is COc1ccc2[nH]cc(C(=O)c3nccc4c3[nH]c3ccccc34)c2c1. The minimum Gasteiger partial charge on any atom is -0.497 e. The summed E-state index contributed by atoms with van der Waals surface area (Å²) in [7, 11) is 1.61. The Morgan fingerprint density at radius 2 is 1.88 bits per heavy atom. The van der Waals surface area contributed by atoms with Crippen molar-refractivity contribution in [2.24, 2.45) is 0 Å². The summed E-state index contributed by atoms with van der Waals surface area (Å²) in [4.78, 5) is 24.1. The molecule has 0 amide bonds. The van der Waals surface area contributed by atoms with Gasteiger partial charge in [0.2, 0.25) is 5.78 Å². The second kappa shape index (κ2) is 5.46. The van der Waals surface area contributed by atoms with Gasteiger partial charge in [0.05, 0.1) is 12.6 Å². The summed E-state index contributed by atoms with van der Waals surface area (Å²) in [5.74, 6) is 0.588. The summed E-state index contributed by atoms with van der Waals surface area (Å²) in [5.41, 5.74) is 3.64. The van der Waals surface area contributed by atoms with E-state index in [1.54, 1.807) is 19.5 Å². The number of benzene rings is 2. The predicted molar refractivity (Wildman–Crippen MR) is 102 cm³/mol. The fraction of sp³-hybridized carbons (Fsp3) is 0.0476. The maximum absolute atomic E-state index is 13.3. The smallest absolute Gasteiger partial charge is 0.215 e. The van der Waals surface area contributed by atoms with Gasteiger partial charge in [-0.1, -0.05) is 18.2 Å². The van der Waals surface area contributed by atoms with Gasteiger partial charge in [-0.3, -0.25) is 9.78 Å². The van der Waals surface area contributed by atoms with Crippen LogP contribution in [0.3, 0.4) is 0 Å². The highest BCUT2D eigenvalue weighted by molar-refractivity contribution is 6.22. The van der Waals surface area contributed by atoms with E-state index in [0.717, 1.165) is 32.7 Å². The molecular weight excluding hydrogens is 326 g/mol. The van der Waals surface area contributed by atoms with Crippen LogP contribution in [0, 0.1) is 0 Å². The molecule has 3 aromatic heterocycles. The highest BCUT2D eigenvalue weighted by Gasteiger charge is 2.20. The lowest BCUT2D eigenvalue weighted by Crippen LogP contribution is -2.04. The van der Waals surface area contributed by atoms with E-state index in [1.165, 1.54) is 0 Å². The fourth-order valence-electron chi connectivity index (χ4n) is 3.49. The highest BCUT2D eigenvalue weighted by Crippen LogP contribution is 2.30. The van der Waals surface area contributed by atoms with Crippen molar-refractivity contribution < 1.29 is 9.53 Å². The Morgan fingerprint density at radius 3 is 2.77 bits per heavy atom. The van der Waals surface area contributed by atoms with Gasteiger partial charge in [0.15, 0.2) is 0 Å². The molecule has 5 nitrogen and oxygen atoms in total. The van der Waals surface area contributed by atoms with E-state index in [9.17, 15) is 4.79 Å². The zero-order chi connectivity index (χ0) is 17.7. The van der Waals surface area contributed by atoms with Crippen LogP contribution in [0.1, 0.15) is 16.1 Å². The van der Waals surface area contributed by atoms with Gasteiger partial charge in [0.25, 0.3) is 0 Å². The molecule has 0 unspecified atom stereocenters. The number of aromatic amines is 2. The van der Waals surface area contributed by atoms with Crippen molar-refractivity contribution >= 4 is 38.5 Å². The zero-order valence-corrected chi connectivity index (χ0v) is 14.0. The van der Waals surface area contributed by atoms with Gasteiger partial charge >= 0.3 is 0 Å². The quantitative estimate of drug-likeness (QED) is 0.477. The Hall–Kier alpha value is -3.60. The van der Waals surface area contributed by atoms with Crippen LogP contribution in [0.4, 0.5) is 0 Å². The Labute approximate surface area is 148 Å². The summed E-state index contributed by atoms with van der Waals surface area (Å²) in [6, 6.07) is 15.6. The number of methoxy groups -OCH3 is 1. The molecule has 2 N–H and O–H groups in total. The lowest BCUT2D eigenvalue weighted by atomic mass is 10.0. The first-order valence-electron chi connectivity index (χ1n) is 8.31. The number of H-pyrrole nitrogens is 2. The largest absolute Gasteiger partial charge is 0.497 e. The Bertz CT molecular complexity index is 1300. The van der Waals surface area contributed by atoms with Gasteiger partial charge in [0, 0.05) is 45.1 Å². The van der Waals surface area contributed by atoms with Crippen LogP contribution in [0.2, 0.25) is 0 Å². The minimum atomic E-state index is -0.123. The molecule has 0 saturated carbocycles. The molecule has 2 aromatic carbocycles. The van der Waals surface area contributed by atoms with Gasteiger partial charge in [-0.15, -0.1) is 0 Å². The second-order valence-electron chi connectivity index (χ2n) is 6.20. The predicted octanol–water partition coefficient (Wildman–Crippen LogP) is 4.44. The van der Waals surface area contributed by atoms with E-state index in [4.69, 9.17) is 4.74 Å². The summed E-state index contributed by atoms with van der Waals surface area (Å²) in [5, 5.41) is 2.90. The molecule has 3 heterocycles. The second-order valence-corrected chi connectivity index (χ2v) is 6.20. The van der Waals surface area contributed by atoms with E-state index in [-0.39, 0.29) is 5.78 Å². The Morgan fingerprint density at radius 1 is 1.00 bits per heavy atom. The number of rotatable bonds is 3. The number of hydrogen-bond donors (Lipinski definition) is 2. The summed E-state index contributed by atoms with van der Waals surface area (Å²) >= 11 is 0. The zero-order valence-electron chi connectivity index (χ0n) is 14.0. The van der Waals surface area contributed by atoms with Crippen LogP contribution in [-0.4, -0.2) is 27.8 Å². The lowest BCUT2D eigenvalue weighted by molar-refractivity contribution is 0.103. The highest BCUT2D eigenvalue weighted by atomic mass is 16.5. The maximum Gasteiger partial charge on any atom is 0.215 e. The molecule has 0 radical (unpaired) electrons. The number of nitrogens with one attached hydrogen (secondary N) is 2. The number of nitrogens with zero attached hydrogens (tertiary/aromatic N) is 1. The first-order chi connectivity index (χ1) is 12.8. The third-order valence-electron chi connectivity index (χ3n) is 4.78. The molecule has 0 spiro atoms. The molecule has 5 rings (SSSR count). The van der Waals surface area contributed by atoms with Crippen molar-refractivity contribution in [1.82, 2.24) is 15.0 Å². The third-order valence-corrected chi connectivity index (χ3v) is 4.78. The number of para-hydroxylation sites is 1. The van der Waals surface area contributed by atoms with Crippen molar-refractivity contribution in [1.29, 1.82) is 0 Å². The van der Waals surface area contributed by atoms with E-state index >= 15 is 0 Å². The molecule has 26 heavy (non-hydrogen) atoms. The number of hydrogen-bond acceptors (Lipinski definition) is 3. The van der Waals surface area contributed by atoms with Gasteiger partial charge in [-0.05, 0) is 30.3 Å². The van der Waals surface area contributed by atoms with Crippen LogP contribution >= 0.6 is 0 Å². The summed E-state index contributed by atoms with van der Waals surface area (Å²) in [6.45, 7) is 0. The van der Waals surface area contributed by atoms with Crippen LogP contribution in [-0.2, 0) is 0 Å². The lowest BCUT2D eigenvalue weighted by Gasteiger charge is -2.03. The molecule has 0 bridgehead atoms. The van der Waals surface area contributed by atoms with Crippen molar-refractivity contribution in [3.05, 3.63) is 72.2 Å². The maximum atomic E-state index is 13.3. The Balaban J connectivity index is 1.74. The van der Waals surface area contributed by atoms with Crippen LogP contribution < -0.4 is 4.74 Å². The average Bonchev–Trinajstić information content (AvgIpc) is 3.28. The number of aromatic nitrogens is 3. The average molecular weight is 341 g/mol. The molecule has 0 aliphatic carbocycles. The van der Waals surface area contributed by atoms with E-state index < -0.39 is 0 Å². The van der Waals surface area contributed by atoms with Gasteiger partial charge < -0.3 is 14.7 Å². The Kier molecular flexibility index (Phi) is 3.09. The van der Waals surface area contributed by atoms with Gasteiger partial charge in [-0.2, -0.15) is 0 Å². The van der Waals surface area contributed by atoms with E-state index in [2.05, 4.69) is 15.0 Å². The molecule has 126 valence electrons. The number of fused-ring (bicyclic) bond motifs is 4. The molecule has 0 fully saturated rings. The summed E-state index contributed by atoms with van der Waals surface area (Å²) < 4.78 is 5.30. The molecule has 0 aliphatic heterocycles. The van der Waals surface area contributed by atoms with Crippen molar-refractivity contribution in [3.63, 3.8) is 0 Å². The monoisotopic (exact) mass is 341 g/mol. The molecular formula is C21H15N3O2. The molecule has 5 aromatic rings. The fourth-order valence-corrected chi connectivity index (χ4v) is 3.49. The third kappa shape index (κ3) is 2.04. The molecule has 5 heteroatoms. The van der Waals surface area contributed by atoms with Crippen LogP contribution in [0.25, 0.3) is 32.7 Å². The van der Waals surface area contributed by atoms with Crippen LogP contribution in [0.15, 0.2) is 60.9 Å². The minimum absolute atomic E-state index is 0.123. The van der Waals surface area contributed by atoms with Gasteiger partial charge in [-0.25, -0.2) is 0 Å². The van der Waals surface area contributed by atoms with E-state index in [1.807, 2.05) is 48.5 Å². The number of pyridine rings is 1. The van der Waals surface area contributed by atoms with Crippen LogP contribution in [0.5, 0.6) is 5.75 Å². The normalized spacial score (nSPS) is 11.4. The standard InChI is InChI=1S/C21H15N3O2/c1-26-12-6-7-17-15(10-12)16(11-23-17)21(25)20-19-14(8-9-22-20)13-4-2-3-5-18(13)24-19/h2-11,23-24H,1H3. The molecule has 0 atom stereocenters. The molecule has 0 aliphatic rings. The van der Waals surface area contributed by atoms with Crippen molar-refractivity contribution in [3.8, 4) is 5.75 Å². The molecule has 0 saturated heterocycles. The van der Waals surface area contributed by atoms with Crippen molar-refractivity contribution in [2.45, 2.75) is 0 Å². The first kappa shape index (κ1) is 14.7.